The molecule has 0 saturated carbocycles. The number of carbonyl (C=O) groups excluding carboxylic acids is 1. The zero-order valence-electron chi connectivity index (χ0n) is 16.6. The molecule has 29 heavy (non-hydrogen) atoms. The van der Waals surface area contributed by atoms with E-state index in [4.69, 9.17) is 9.47 Å². The molecule has 0 bridgehead atoms. The molecule has 3 aromatic rings. The van der Waals surface area contributed by atoms with Gasteiger partial charge in [0.25, 0.3) is 5.91 Å². The van der Waals surface area contributed by atoms with Gasteiger partial charge in [0.2, 0.25) is 0 Å². The molecule has 0 fully saturated rings. The van der Waals surface area contributed by atoms with Gasteiger partial charge in [-0.15, -0.1) is 0 Å². The van der Waals surface area contributed by atoms with E-state index >= 15 is 0 Å². The zero-order chi connectivity index (χ0) is 20.0. The van der Waals surface area contributed by atoms with Gasteiger partial charge in [-0.05, 0) is 55.4 Å². The second-order valence-corrected chi connectivity index (χ2v) is 7.97. The molecule has 1 amide bonds. The number of rotatable bonds is 3. The van der Waals surface area contributed by atoms with Gasteiger partial charge in [-0.1, -0.05) is 13.0 Å². The van der Waals surface area contributed by atoms with Crippen LogP contribution in [-0.2, 0) is 12.8 Å². The van der Waals surface area contributed by atoms with Crippen molar-refractivity contribution in [2.75, 3.05) is 13.2 Å². The molecule has 150 valence electrons. The van der Waals surface area contributed by atoms with Crippen molar-refractivity contribution in [3.63, 3.8) is 0 Å². The standard InChI is InChI=1S/C22H24N4O3/c1-13-3-5-18-16(9-13)11-23-21-17(12-24-26(18)21)22(27)25-14(2)15-4-6-19-20(10-15)29-8-7-28-19/h4,6,10-14H,3,5,7-9H2,1-2H3,(H,25,27)/t13-,14-/m0/s1. The first-order valence-corrected chi connectivity index (χ1v) is 10.1. The van der Waals surface area contributed by atoms with Gasteiger partial charge in [-0.2, -0.15) is 5.10 Å². The zero-order valence-corrected chi connectivity index (χ0v) is 16.6. The summed E-state index contributed by atoms with van der Waals surface area (Å²) in [6.07, 6.45) is 6.64. The largest absolute Gasteiger partial charge is 0.486 e. The second-order valence-electron chi connectivity index (χ2n) is 7.97. The van der Waals surface area contributed by atoms with E-state index < -0.39 is 0 Å². The Bertz CT molecular complexity index is 1090. The molecule has 7 heteroatoms. The van der Waals surface area contributed by atoms with E-state index in [0.29, 0.717) is 36.1 Å². The SMILES string of the molecule is C[C@H]1CCc2c(cnc3c(C(=O)N[C@@H](C)c4ccc5c(c4)OCCO5)cnn23)C1. The normalized spacial score (nSPS) is 18.9. The van der Waals surface area contributed by atoms with Gasteiger partial charge < -0.3 is 14.8 Å². The Morgan fingerprint density at radius 3 is 2.93 bits per heavy atom. The van der Waals surface area contributed by atoms with Gasteiger partial charge in [-0.25, -0.2) is 9.50 Å². The number of nitrogens with one attached hydrogen (secondary N) is 1. The molecule has 0 unspecified atom stereocenters. The summed E-state index contributed by atoms with van der Waals surface area (Å²) in [6, 6.07) is 5.57. The highest BCUT2D eigenvalue weighted by Gasteiger charge is 2.23. The summed E-state index contributed by atoms with van der Waals surface area (Å²) in [5.41, 5.74) is 4.47. The molecule has 2 aliphatic rings. The summed E-state index contributed by atoms with van der Waals surface area (Å²) >= 11 is 0. The van der Waals surface area contributed by atoms with Crippen LogP contribution in [0.2, 0.25) is 0 Å². The second kappa shape index (κ2) is 7.06. The molecule has 1 aliphatic heterocycles. The fraction of sp³-hybridized carbons (Fsp3) is 0.409. The summed E-state index contributed by atoms with van der Waals surface area (Å²) in [6.45, 7) is 5.30. The third-order valence-electron chi connectivity index (χ3n) is 5.81. The van der Waals surface area contributed by atoms with Crippen molar-refractivity contribution < 1.29 is 14.3 Å². The Labute approximate surface area is 169 Å². The molecule has 2 atom stereocenters. The highest BCUT2D eigenvalue weighted by Crippen LogP contribution is 2.32. The molecule has 3 heterocycles. The Hall–Kier alpha value is -3.09. The quantitative estimate of drug-likeness (QED) is 0.741. The summed E-state index contributed by atoms with van der Waals surface area (Å²) in [5, 5.41) is 7.53. The van der Waals surface area contributed by atoms with Crippen LogP contribution in [0, 0.1) is 5.92 Å². The minimum atomic E-state index is -0.188. The number of carbonyl (C=O) groups is 1. The Morgan fingerprint density at radius 2 is 2.07 bits per heavy atom. The van der Waals surface area contributed by atoms with Crippen LogP contribution in [0.15, 0.2) is 30.6 Å². The van der Waals surface area contributed by atoms with Crippen LogP contribution >= 0.6 is 0 Å². The number of benzene rings is 1. The number of hydrogen-bond donors (Lipinski definition) is 1. The average Bonchev–Trinajstić information content (AvgIpc) is 3.17. The van der Waals surface area contributed by atoms with Gasteiger partial charge in [0.1, 0.15) is 18.8 Å². The lowest BCUT2D eigenvalue weighted by Gasteiger charge is -2.21. The molecule has 1 N–H and O–H groups in total. The molecule has 1 aliphatic carbocycles. The van der Waals surface area contributed by atoms with Gasteiger partial charge in [0.05, 0.1) is 12.2 Å². The van der Waals surface area contributed by atoms with Gasteiger partial charge in [-0.3, -0.25) is 4.79 Å². The van der Waals surface area contributed by atoms with Gasteiger partial charge in [0, 0.05) is 11.9 Å². The predicted octanol–water partition coefficient (Wildman–Crippen LogP) is 3.12. The summed E-state index contributed by atoms with van der Waals surface area (Å²) in [4.78, 5) is 17.5. The number of nitrogens with zero attached hydrogens (tertiary/aromatic N) is 3. The Balaban J connectivity index is 1.39. The van der Waals surface area contributed by atoms with Crippen LogP contribution in [0.3, 0.4) is 0 Å². The van der Waals surface area contributed by atoms with Crippen molar-refractivity contribution in [3.05, 3.63) is 53.0 Å². The average molecular weight is 392 g/mol. The predicted molar refractivity (Wildman–Crippen MR) is 107 cm³/mol. The van der Waals surface area contributed by atoms with Gasteiger partial charge in [0.15, 0.2) is 17.1 Å². The number of ether oxygens (including phenoxy) is 2. The Morgan fingerprint density at radius 1 is 1.24 bits per heavy atom. The molecule has 1 aromatic carbocycles. The lowest BCUT2D eigenvalue weighted by molar-refractivity contribution is 0.0941. The third-order valence-corrected chi connectivity index (χ3v) is 5.81. The van der Waals surface area contributed by atoms with Crippen LogP contribution in [0.5, 0.6) is 11.5 Å². The molecule has 0 radical (unpaired) electrons. The number of amides is 1. The maximum atomic E-state index is 13.0. The highest BCUT2D eigenvalue weighted by molar-refractivity contribution is 5.99. The van der Waals surface area contributed by atoms with Crippen molar-refractivity contribution in [3.8, 4) is 11.5 Å². The smallest absolute Gasteiger partial charge is 0.257 e. The molecule has 0 spiro atoms. The van der Waals surface area contributed by atoms with Crippen molar-refractivity contribution in [1.29, 1.82) is 0 Å². The molecule has 7 nitrogen and oxygen atoms in total. The van der Waals surface area contributed by atoms with Crippen LogP contribution in [0.4, 0.5) is 0 Å². The Kier molecular flexibility index (Phi) is 4.38. The first-order valence-electron chi connectivity index (χ1n) is 10.1. The topological polar surface area (TPSA) is 77.8 Å². The summed E-state index contributed by atoms with van der Waals surface area (Å²) < 4.78 is 13.1. The number of fused-ring (bicyclic) bond motifs is 4. The third kappa shape index (κ3) is 3.20. The van der Waals surface area contributed by atoms with Crippen molar-refractivity contribution in [2.24, 2.45) is 5.92 Å². The van der Waals surface area contributed by atoms with E-state index in [1.54, 1.807) is 6.20 Å². The number of hydrogen-bond acceptors (Lipinski definition) is 5. The van der Waals surface area contributed by atoms with Crippen LogP contribution < -0.4 is 14.8 Å². The van der Waals surface area contributed by atoms with Crippen molar-refractivity contribution >= 4 is 11.6 Å². The highest BCUT2D eigenvalue weighted by atomic mass is 16.6. The van der Waals surface area contributed by atoms with Crippen molar-refractivity contribution in [2.45, 2.75) is 39.2 Å². The van der Waals surface area contributed by atoms with E-state index in [-0.39, 0.29) is 11.9 Å². The number of aromatic nitrogens is 3. The molecule has 5 rings (SSSR count). The summed E-state index contributed by atoms with van der Waals surface area (Å²) in [7, 11) is 0. The van der Waals surface area contributed by atoms with Crippen LogP contribution in [-0.4, -0.2) is 33.7 Å². The monoisotopic (exact) mass is 392 g/mol. The first-order chi connectivity index (χ1) is 14.1. The van der Waals surface area contributed by atoms with Gasteiger partial charge >= 0.3 is 0 Å². The van der Waals surface area contributed by atoms with E-state index in [1.165, 1.54) is 11.3 Å². The lowest BCUT2D eigenvalue weighted by atomic mass is 9.89. The molecule has 0 saturated heterocycles. The minimum Gasteiger partial charge on any atom is -0.486 e. The molecular formula is C22H24N4O3. The van der Waals surface area contributed by atoms with Crippen molar-refractivity contribution in [1.82, 2.24) is 19.9 Å². The van der Waals surface area contributed by atoms with E-state index in [1.807, 2.05) is 35.8 Å². The summed E-state index contributed by atoms with van der Waals surface area (Å²) in [5.74, 6) is 1.93. The molecular weight excluding hydrogens is 368 g/mol. The minimum absolute atomic E-state index is 0.181. The lowest BCUT2D eigenvalue weighted by Crippen LogP contribution is -2.27. The fourth-order valence-corrected chi connectivity index (χ4v) is 4.16. The van der Waals surface area contributed by atoms with Crippen LogP contribution in [0.25, 0.3) is 5.65 Å². The fourth-order valence-electron chi connectivity index (χ4n) is 4.16. The van der Waals surface area contributed by atoms with E-state index in [0.717, 1.165) is 30.6 Å². The maximum Gasteiger partial charge on any atom is 0.257 e. The first kappa shape index (κ1) is 18.0. The van der Waals surface area contributed by atoms with E-state index in [9.17, 15) is 4.79 Å². The molecule has 2 aromatic heterocycles. The maximum absolute atomic E-state index is 13.0. The van der Waals surface area contributed by atoms with E-state index in [2.05, 4.69) is 22.3 Å². The van der Waals surface area contributed by atoms with Crippen LogP contribution in [0.1, 0.15) is 53.5 Å². The number of aryl methyl sites for hydroxylation is 1.